The van der Waals surface area contributed by atoms with Crippen molar-refractivity contribution >= 4 is 28.6 Å². The first kappa shape index (κ1) is 25.3. The van der Waals surface area contributed by atoms with E-state index in [0.29, 0.717) is 24.5 Å². The Morgan fingerprint density at radius 3 is 2.78 bits per heavy atom. The van der Waals surface area contributed by atoms with E-state index in [4.69, 9.17) is 4.74 Å². The Kier molecular flexibility index (Phi) is 7.47. The molecule has 1 fully saturated rings. The number of nitrogens with zero attached hydrogens (tertiary/aromatic N) is 2. The molecule has 0 saturated carbocycles. The zero-order valence-electron chi connectivity index (χ0n) is 20.5. The summed E-state index contributed by atoms with van der Waals surface area (Å²) in [6, 6.07) is 14.7. The molecule has 11 heteroatoms. The first-order chi connectivity index (χ1) is 17.9. The summed E-state index contributed by atoms with van der Waals surface area (Å²) in [7, 11) is 2.00. The van der Waals surface area contributed by atoms with Crippen LogP contribution in [-0.4, -0.2) is 52.2 Å². The van der Waals surface area contributed by atoms with Crippen LogP contribution in [0.5, 0.6) is 5.75 Å². The van der Waals surface area contributed by atoms with Gasteiger partial charge in [0.25, 0.3) is 10.9 Å². The molecule has 4 N–H and O–H groups in total. The summed E-state index contributed by atoms with van der Waals surface area (Å²) >= 11 is 2.71. The number of likely N-dealkylation sites (tertiary alicyclic amines) is 1. The topological polar surface area (TPSA) is 122 Å². The number of hydrogen-bond acceptors (Lipinski definition) is 8. The quantitative estimate of drug-likeness (QED) is 0.317. The summed E-state index contributed by atoms with van der Waals surface area (Å²) in [6.45, 7) is 3.79. The second-order valence-corrected chi connectivity index (χ2v) is 11.2. The number of rotatable bonds is 8. The standard InChI is InChI=1S/C26H27N5O4S2/c1-15-22(36-24(27-15)18-5-3-4-16(10-18)13-32)14-35-19-8-6-17(7-9-19)23(33)28-21-12-31(2)11-20(21)25-29-30-26(34)37-25/h3-10,20-21,32H,11-14H2,1-2H3,(H,28,33)(H,30,34)/p+1/t20-,21+/m0/s1. The molecule has 0 spiro atoms. The number of aromatic nitrogens is 3. The smallest absolute Gasteiger partial charge is 0.359 e. The maximum Gasteiger partial charge on any atom is 0.359 e. The lowest BCUT2D eigenvalue weighted by Crippen LogP contribution is -2.40. The maximum atomic E-state index is 12.9. The number of likely N-dealkylation sites (N-methyl/N-ethyl adjacent to an activating group) is 1. The van der Waals surface area contributed by atoms with Gasteiger partial charge in [0.1, 0.15) is 17.4 Å². The number of thiazole rings is 1. The first-order valence-electron chi connectivity index (χ1n) is 11.9. The number of aliphatic hydroxyl groups excluding tert-OH is 1. The molecule has 9 nitrogen and oxygen atoms in total. The van der Waals surface area contributed by atoms with Gasteiger partial charge in [0.15, 0.2) is 0 Å². The molecule has 1 aliphatic heterocycles. The van der Waals surface area contributed by atoms with E-state index in [2.05, 4.69) is 25.4 Å². The third kappa shape index (κ3) is 5.80. The number of aliphatic hydroxyl groups is 1. The highest BCUT2D eigenvalue weighted by Gasteiger charge is 2.38. The lowest BCUT2D eigenvalue weighted by Gasteiger charge is -2.16. The number of ether oxygens (including phenoxy) is 1. The molecule has 0 radical (unpaired) electrons. The summed E-state index contributed by atoms with van der Waals surface area (Å²) in [6.07, 6.45) is 0. The molecule has 4 aromatic rings. The molecule has 2 atom stereocenters. The summed E-state index contributed by atoms with van der Waals surface area (Å²) in [5, 5.41) is 19.8. The highest BCUT2D eigenvalue weighted by atomic mass is 32.1. The zero-order valence-corrected chi connectivity index (χ0v) is 22.1. The monoisotopic (exact) mass is 538 g/mol. The van der Waals surface area contributed by atoms with Gasteiger partial charge in [-0.25, -0.2) is 4.98 Å². The number of hydrogen-bond donors (Lipinski definition) is 3. The van der Waals surface area contributed by atoms with Crippen molar-refractivity contribution in [2.45, 2.75) is 32.1 Å². The van der Waals surface area contributed by atoms with Gasteiger partial charge in [0, 0.05) is 24.2 Å². The lowest BCUT2D eigenvalue weighted by molar-refractivity contribution is -0.460. The van der Waals surface area contributed by atoms with Crippen LogP contribution in [0.15, 0.2) is 53.3 Å². The van der Waals surface area contributed by atoms with Crippen LogP contribution in [0.2, 0.25) is 0 Å². The summed E-state index contributed by atoms with van der Waals surface area (Å²) in [5.74, 6) is 0.533. The van der Waals surface area contributed by atoms with E-state index in [-0.39, 0.29) is 29.3 Å². The predicted molar refractivity (Wildman–Crippen MR) is 142 cm³/mol. The fourth-order valence-corrected chi connectivity index (χ4v) is 6.20. The van der Waals surface area contributed by atoms with Crippen LogP contribution in [0.25, 0.3) is 10.6 Å². The van der Waals surface area contributed by atoms with E-state index >= 15 is 0 Å². The second-order valence-electron chi connectivity index (χ2n) is 9.11. The van der Waals surface area contributed by atoms with Gasteiger partial charge in [-0.1, -0.05) is 18.2 Å². The Morgan fingerprint density at radius 2 is 2.05 bits per heavy atom. The molecule has 0 bridgehead atoms. The van der Waals surface area contributed by atoms with Crippen molar-refractivity contribution < 1.29 is 19.7 Å². The Labute approximate surface area is 221 Å². The van der Waals surface area contributed by atoms with Crippen LogP contribution in [-0.2, 0) is 13.2 Å². The number of benzene rings is 2. The molecule has 2 aromatic carbocycles. The van der Waals surface area contributed by atoms with Crippen LogP contribution >= 0.6 is 22.7 Å². The molecular weight excluding hydrogens is 510 g/mol. The van der Waals surface area contributed by atoms with Crippen molar-refractivity contribution in [3.8, 4) is 16.3 Å². The fourth-order valence-electron chi connectivity index (χ4n) is 4.44. The van der Waals surface area contributed by atoms with E-state index in [9.17, 15) is 14.7 Å². The van der Waals surface area contributed by atoms with E-state index < -0.39 is 0 Å². The van der Waals surface area contributed by atoms with Crippen molar-refractivity contribution in [3.63, 3.8) is 0 Å². The van der Waals surface area contributed by atoms with Crippen molar-refractivity contribution in [3.05, 3.63) is 84.9 Å². The minimum Gasteiger partial charge on any atom is -0.488 e. The van der Waals surface area contributed by atoms with Gasteiger partial charge >= 0.3 is 4.87 Å². The van der Waals surface area contributed by atoms with Crippen LogP contribution < -0.4 is 20.0 Å². The van der Waals surface area contributed by atoms with Gasteiger partial charge in [-0.2, -0.15) is 0 Å². The van der Waals surface area contributed by atoms with E-state index in [1.807, 2.05) is 38.2 Å². The number of nitrogens with one attached hydrogen (secondary N) is 3. The van der Waals surface area contributed by atoms with Gasteiger partial charge in [-0.15, -0.1) is 21.5 Å². The molecule has 1 aliphatic rings. The first-order valence-corrected chi connectivity index (χ1v) is 13.5. The Balaban J connectivity index is 1.20. The fraction of sp³-hybridized carbons (Fsp3) is 0.308. The number of amides is 1. The number of H-pyrrole nitrogens is 2. The summed E-state index contributed by atoms with van der Waals surface area (Å²) in [4.78, 5) is 32.2. The SMILES string of the molecule is Cc1nc(-c2cccc(CO)c2)sc1COc1ccc(C(=O)N[C@@H]2CN(C)C[C@@H]2c2[nH+][nH]c(=O)s2)cc1. The molecular formula is C26H28N5O4S2+. The third-order valence-electron chi connectivity index (χ3n) is 6.38. The van der Waals surface area contributed by atoms with Gasteiger partial charge in [-0.3, -0.25) is 9.59 Å². The van der Waals surface area contributed by atoms with Crippen LogP contribution in [0.4, 0.5) is 0 Å². The van der Waals surface area contributed by atoms with Crippen molar-refractivity contribution in [1.29, 1.82) is 0 Å². The number of aromatic amines is 2. The zero-order chi connectivity index (χ0) is 25.9. The molecule has 5 rings (SSSR count). The van der Waals surface area contributed by atoms with E-state index in [1.54, 1.807) is 35.6 Å². The third-order valence-corrected chi connectivity index (χ3v) is 8.47. The summed E-state index contributed by atoms with van der Waals surface area (Å²) < 4.78 is 5.98. The highest BCUT2D eigenvalue weighted by molar-refractivity contribution is 7.15. The number of carbonyl (C=O) groups is 1. The Hall–Kier alpha value is -3.38. The largest absolute Gasteiger partial charge is 0.488 e. The van der Waals surface area contributed by atoms with Crippen molar-refractivity contribution in [2.75, 3.05) is 20.1 Å². The summed E-state index contributed by atoms with van der Waals surface area (Å²) in [5.41, 5.74) is 3.28. The van der Waals surface area contributed by atoms with Crippen LogP contribution in [0.1, 0.15) is 37.4 Å². The Bertz CT molecular complexity index is 1450. The molecule has 1 saturated heterocycles. The molecule has 1 amide bonds. The van der Waals surface area contributed by atoms with Gasteiger partial charge in [-0.05, 0) is 61.2 Å². The normalized spacial score (nSPS) is 17.7. The van der Waals surface area contributed by atoms with Crippen LogP contribution in [0, 0.1) is 6.92 Å². The minimum absolute atomic E-state index is 0.00524. The van der Waals surface area contributed by atoms with Crippen molar-refractivity contribution in [1.82, 2.24) is 20.3 Å². The van der Waals surface area contributed by atoms with E-state index in [1.165, 1.54) is 0 Å². The molecule has 0 aliphatic carbocycles. The van der Waals surface area contributed by atoms with Gasteiger partial charge in [0.05, 0.1) is 29.1 Å². The molecule has 192 valence electrons. The Morgan fingerprint density at radius 1 is 1.24 bits per heavy atom. The number of carbonyl (C=O) groups excluding carboxylic acids is 1. The lowest BCUT2D eigenvalue weighted by atomic mass is 10.0. The molecule has 0 unspecified atom stereocenters. The van der Waals surface area contributed by atoms with Gasteiger partial charge < -0.3 is 20.1 Å². The molecule has 37 heavy (non-hydrogen) atoms. The molecule has 2 aromatic heterocycles. The van der Waals surface area contributed by atoms with Crippen molar-refractivity contribution in [2.24, 2.45) is 0 Å². The van der Waals surface area contributed by atoms with Crippen LogP contribution in [0.3, 0.4) is 0 Å². The highest BCUT2D eigenvalue weighted by Crippen LogP contribution is 2.30. The predicted octanol–water partition coefficient (Wildman–Crippen LogP) is 2.58. The second kappa shape index (κ2) is 10.9. The molecule has 3 heterocycles. The maximum absolute atomic E-state index is 12.9. The number of aryl methyl sites for hydroxylation is 1. The average Bonchev–Trinajstić information content (AvgIpc) is 3.61. The van der Waals surface area contributed by atoms with E-state index in [0.717, 1.165) is 49.6 Å². The average molecular weight is 539 g/mol. The van der Waals surface area contributed by atoms with Gasteiger partial charge in [0.2, 0.25) is 0 Å². The minimum atomic E-state index is -0.159.